The summed E-state index contributed by atoms with van der Waals surface area (Å²) in [5.74, 6) is 0.435. The van der Waals surface area contributed by atoms with Gasteiger partial charge in [0.1, 0.15) is 47.2 Å². The molecule has 5 aromatic rings. The predicted octanol–water partition coefficient (Wildman–Crippen LogP) is 6.60. The molecule has 8 heteroatoms. The molecule has 0 spiro atoms. The van der Waals surface area contributed by atoms with Crippen molar-refractivity contribution >= 4 is 16.8 Å². The van der Waals surface area contributed by atoms with Gasteiger partial charge in [0, 0.05) is 12.1 Å². The average Bonchev–Trinajstić information content (AvgIpc) is 2.91. The number of aromatic hydroxyl groups is 4. The topological polar surface area (TPSA) is 137 Å². The molecule has 1 unspecified atom stereocenters. The number of ether oxygens (including phenoxy) is 1. The molecule has 0 amide bonds. The number of phenols is 4. The number of hydrogen-bond donors (Lipinski definition) is 4. The maximum absolute atomic E-state index is 12.4. The second-order valence-electron chi connectivity index (χ2n) is 8.71. The van der Waals surface area contributed by atoms with Gasteiger partial charge in [-0.25, -0.2) is 0 Å². The van der Waals surface area contributed by atoms with E-state index in [4.69, 9.17) is 9.15 Å². The zero-order valence-electron chi connectivity index (χ0n) is 19.9. The number of hydrogen-bond acceptors (Lipinski definition) is 8. The molecule has 8 nitrogen and oxygen atoms in total. The number of fused-ring (bicyclic) bond motifs is 2. The third kappa shape index (κ3) is 5.91. The van der Waals surface area contributed by atoms with E-state index in [1.165, 1.54) is 48.7 Å². The SMILES string of the molecule is C.C.O=C1c2ccc(O)cc2OCC1c1ccc(O)cc1.O=c1c(-c2ccc(O)cc2)coc2cc(O)ccc12. The molecule has 0 saturated heterocycles. The van der Waals surface area contributed by atoms with Crippen LogP contribution in [0.25, 0.3) is 22.1 Å². The molecule has 1 aromatic heterocycles. The minimum Gasteiger partial charge on any atom is -0.508 e. The smallest absolute Gasteiger partial charge is 0.200 e. The molecular weight excluding hydrogens is 512 g/mol. The molecule has 0 bridgehead atoms. The molecule has 1 atom stereocenters. The highest BCUT2D eigenvalue weighted by Crippen LogP contribution is 2.35. The van der Waals surface area contributed by atoms with E-state index in [2.05, 4.69) is 0 Å². The number of phenolic OH excluding ortho intramolecular Hbond substituents is 4. The lowest BCUT2D eigenvalue weighted by molar-refractivity contribution is 0.0896. The molecule has 4 N–H and O–H groups in total. The van der Waals surface area contributed by atoms with E-state index in [1.807, 2.05) is 0 Å². The second kappa shape index (κ2) is 12.1. The zero-order chi connectivity index (χ0) is 26.8. The van der Waals surface area contributed by atoms with Crippen molar-refractivity contribution in [1.29, 1.82) is 0 Å². The van der Waals surface area contributed by atoms with Crippen LogP contribution in [0.4, 0.5) is 0 Å². The Morgan fingerprint density at radius 3 is 1.90 bits per heavy atom. The van der Waals surface area contributed by atoms with Gasteiger partial charge in [-0.1, -0.05) is 39.1 Å². The third-order valence-electron chi connectivity index (χ3n) is 6.18. The Hall–Kier alpha value is -5.24. The second-order valence-corrected chi connectivity index (χ2v) is 8.71. The van der Waals surface area contributed by atoms with Crippen molar-refractivity contribution in [2.75, 3.05) is 6.61 Å². The average molecular weight is 543 g/mol. The van der Waals surface area contributed by atoms with Gasteiger partial charge in [0.25, 0.3) is 0 Å². The van der Waals surface area contributed by atoms with Crippen LogP contribution < -0.4 is 10.2 Å². The van der Waals surface area contributed by atoms with Gasteiger partial charge >= 0.3 is 0 Å². The minimum absolute atomic E-state index is 0. The van der Waals surface area contributed by atoms with Crippen molar-refractivity contribution in [3.05, 3.63) is 113 Å². The molecule has 0 aliphatic carbocycles. The lowest BCUT2D eigenvalue weighted by atomic mass is 9.89. The summed E-state index contributed by atoms with van der Waals surface area (Å²) in [5.41, 5.74) is 2.53. The molecule has 0 fully saturated rings. The highest BCUT2D eigenvalue weighted by Gasteiger charge is 2.30. The molecule has 40 heavy (non-hydrogen) atoms. The Morgan fingerprint density at radius 1 is 0.650 bits per heavy atom. The summed E-state index contributed by atoms with van der Waals surface area (Å²) in [6.45, 7) is 0.236. The van der Waals surface area contributed by atoms with Crippen molar-refractivity contribution in [3.63, 3.8) is 0 Å². The normalized spacial score (nSPS) is 13.5. The first-order valence-electron chi connectivity index (χ1n) is 11.6. The Bertz CT molecular complexity index is 1690. The first kappa shape index (κ1) is 29.3. The van der Waals surface area contributed by atoms with E-state index in [9.17, 15) is 30.0 Å². The molecule has 4 aromatic carbocycles. The molecule has 0 radical (unpaired) electrons. The van der Waals surface area contributed by atoms with Crippen LogP contribution >= 0.6 is 0 Å². The van der Waals surface area contributed by atoms with Gasteiger partial charge in [-0.3, -0.25) is 9.59 Å². The number of Topliss-reactive ketones (excluding diaryl/α,β-unsaturated/α-hetero) is 1. The van der Waals surface area contributed by atoms with E-state index in [0.29, 0.717) is 33.4 Å². The summed E-state index contributed by atoms with van der Waals surface area (Å²) < 4.78 is 10.9. The van der Waals surface area contributed by atoms with Crippen LogP contribution in [-0.4, -0.2) is 32.8 Å². The lowest BCUT2D eigenvalue weighted by Crippen LogP contribution is -2.25. The highest BCUT2D eigenvalue weighted by molar-refractivity contribution is 6.04. The number of carbonyl (C=O) groups is 1. The van der Waals surface area contributed by atoms with Gasteiger partial charge < -0.3 is 29.6 Å². The number of ketones is 1. The lowest BCUT2D eigenvalue weighted by Gasteiger charge is -2.24. The molecule has 2 heterocycles. The first-order valence-corrected chi connectivity index (χ1v) is 11.6. The highest BCUT2D eigenvalue weighted by atomic mass is 16.5. The largest absolute Gasteiger partial charge is 0.508 e. The van der Waals surface area contributed by atoms with Crippen LogP contribution in [0.5, 0.6) is 28.7 Å². The predicted molar refractivity (Wildman–Crippen MR) is 153 cm³/mol. The summed E-state index contributed by atoms with van der Waals surface area (Å²) >= 11 is 0. The van der Waals surface area contributed by atoms with E-state index in [1.54, 1.807) is 42.5 Å². The maximum atomic E-state index is 12.4. The van der Waals surface area contributed by atoms with Crippen LogP contribution in [0, 0.1) is 0 Å². The van der Waals surface area contributed by atoms with E-state index in [-0.39, 0.29) is 61.6 Å². The molecule has 0 saturated carbocycles. The fourth-order valence-corrected chi connectivity index (χ4v) is 4.18. The molecule has 6 rings (SSSR count). The van der Waals surface area contributed by atoms with Crippen molar-refractivity contribution in [2.45, 2.75) is 20.8 Å². The van der Waals surface area contributed by atoms with Crippen LogP contribution in [0.2, 0.25) is 0 Å². The summed E-state index contributed by atoms with van der Waals surface area (Å²) in [4.78, 5) is 24.7. The van der Waals surface area contributed by atoms with Crippen molar-refractivity contribution in [3.8, 4) is 39.9 Å². The van der Waals surface area contributed by atoms with Gasteiger partial charge in [-0.05, 0) is 59.7 Å². The summed E-state index contributed by atoms with van der Waals surface area (Å²) in [5, 5.41) is 37.6. The summed E-state index contributed by atoms with van der Waals surface area (Å²) in [6.07, 6.45) is 1.36. The van der Waals surface area contributed by atoms with E-state index in [0.717, 1.165) is 5.56 Å². The van der Waals surface area contributed by atoms with Crippen molar-refractivity contribution < 1.29 is 34.4 Å². The third-order valence-corrected chi connectivity index (χ3v) is 6.18. The van der Waals surface area contributed by atoms with Crippen molar-refractivity contribution in [1.82, 2.24) is 0 Å². The Balaban J connectivity index is 0.000000210. The number of rotatable bonds is 2. The zero-order valence-corrected chi connectivity index (χ0v) is 19.9. The van der Waals surface area contributed by atoms with Crippen LogP contribution in [0.1, 0.15) is 36.7 Å². The van der Waals surface area contributed by atoms with Gasteiger partial charge in [0.05, 0.1) is 22.4 Å². The standard InChI is InChI=1S/C15H12O4.C15H10O4.2CH4/c2*16-10-3-1-9(2-4-10)13-8-19-14-7-11(17)5-6-12(14)15(13)18;;/h1-7,13,16-17H,8H2;1-8,16-17H;2*1H4. The van der Waals surface area contributed by atoms with E-state index < -0.39 is 0 Å². The van der Waals surface area contributed by atoms with Crippen molar-refractivity contribution in [2.24, 2.45) is 0 Å². The summed E-state index contributed by atoms with van der Waals surface area (Å²) in [7, 11) is 0. The van der Waals surface area contributed by atoms with E-state index >= 15 is 0 Å². The van der Waals surface area contributed by atoms with Gasteiger partial charge in [0.15, 0.2) is 11.2 Å². The molecule has 206 valence electrons. The first-order chi connectivity index (χ1) is 18.3. The Morgan fingerprint density at radius 2 is 1.23 bits per heavy atom. The number of benzene rings is 4. The maximum Gasteiger partial charge on any atom is 0.200 e. The Labute approximate surface area is 231 Å². The molecule has 1 aliphatic heterocycles. The van der Waals surface area contributed by atoms with Crippen LogP contribution in [-0.2, 0) is 0 Å². The monoisotopic (exact) mass is 542 g/mol. The molecular formula is C32H30O8. The Kier molecular flexibility index (Phi) is 8.86. The number of carbonyl (C=O) groups excluding carboxylic acids is 1. The van der Waals surface area contributed by atoms with Gasteiger partial charge in [-0.2, -0.15) is 0 Å². The molecule has 1 aliphatic rings. The fourth-order valence-electron chi connectivity index (χ4n) is 4.18. The van der Waals surface area contributed by atoms with Crippen LogP contribution in [0.15, 0.2) is 100 Å². The summed E-state index contributed by atoms with van der Waals surface area (Å²) in [6, 6.07) is 21.7. The van der Waals surface area contributed by atoms with Gasteiger partial charge in [0.2, 0.25) is 0 Å². The fraction of sp³-hybridized carbons (Fsp3) is 0.125. The van der Waals surface area contributed by atoms with Crippen LogP contribution in [0.3, 0.4) is 0 Å². The quantitative estimate of drug-likeness (QED) is 0.196. The van der Waals surface area contributed by atoms with Gasteiger partial charge in [-0.15, -0.1) is 0 Å². The minimum atomic E-state index is -0.377.